The fourth-order valence-electron chi connectivity index (χ4n) is 3.57. The van der Waals surface area contributed by atoms with Crippen LogP contribution >= 0.6 is 11.6 Å². The topological polar surface area (TPSA) is 92.8 Å². The van der Waals surface area contributed by atoms with Gasteiger partial charge in [0.05, 0.1) is 27.4 Å². The summed E-state index contributed by atoms with van der Waals surface area (Å²) in [6.07, 6.45) is 0.739. The monoisotopic (exact) mass is 462 g/mol. The first-order valence-electron chi connectivity index (χ1n) is 10.2. The molecule has 0 radical (unpaired) electrons. The number of aryl methyl sites for hydroxylation is 1. The van der Waals surface area contributed by atoms with Gasteiger partial charge in [-0.25, -0.2) is 9.69 Å². The molecular weight excluding hydrogens is 444 g/mol. The number of nitrogens with one attached hydrogen (secondary N) is 1. The van der Waals surface area contributed by atoms with E-state index in [1.54, 1.807) is 36.4 Å². The first-order chi connectivity index (χ1) is 15.9. The van der Waals surface area contributed by atoms with E-state index >= 15 is 0 Å². The van der Waals surface area contributed by atoms with E-state index in [2.05, 4.69) is 5.32 Å². The number of carbonyl (C=O) groups excluding carboxylic acids is 4. The smallest absolute Gasteiger partial charge is 0.338 e. The Hall–Kier alpha value is -3.97. The minimum Gasteiger partial charge on any atom is -0.452 e. The second-order valence-electron chi connectivity index (χ2n) is 7.29. The van der Waals surface area contributed by atoms with Crippen molar-refractivity contribution in [1.29, 1.82) is 0 Å². The van der Waals surface area contributed by atoms with Gasteiger partial charge in [-0.3, -0.25) is 14.4 Å². The predicted molar refractivity (Wildman–Crippen MR) is 124 cm³/mol. The predicted octanol–water partition coefficient (Wildman–Crippen LogP) is 4.50. The molecule has 4 rings (SSSR count). The minimum atomic E-state index is -0.784. The van der Waals surface area contributed by atoms with Gasteiger partial charge in [-0.2, -0.15) is 0 Å². The molecule has 166 valence electrons. The molecule has 0 unspecified atom stereocenters. The molecule has 1 heterocycles. The molecule has 8 heteroatoms. The van der Waals surface area contributed by atoms with Crippen LogP contribution in [-0.4, -0.2) is 30.3 Å². The number of imide groups is 1. The standard InChI is InChI=1S/C25H19ClN2O5/c1-2-15-7-3-5-9-20(15)27-22(29)14-33-25(32)16-11-12-17-18(13-16)24(31)28(23(17)30)21-10-6-4-8-19(21)26/h3-13H,2,14H2,1H3,(H,27,29). The fourth-order valence-corrected chi connectivity index (χ4v) is 3.79. The molecule has 0 bridgehead atoms. The summed E-state index contributed by atoms with van der Waals surface area (Å²) >= 11 is 6.15. The number of esters is 1. The molecule has 1 N–H and O–H groups in total. The Kier molecular flexibility index (Phi) is 6.24. The third-order valence-electron chi connectivity index (χ3n) is 5.22. The van der Waals surface area contributed by atoms with Crippen molar-refractivity contribution in [2.45, 2.75) is 13.3 Å². The highest BCUT2D eigenvalue weighted by molar-refractivity contribution is 6.39. The van der Waals surface area contributed by atoms with Gasteiger partial charge in [0.15, 0.2) is 6.61 Å². The Morgan fingerprint density at radius 2 is 1.64 bits per heavy atom. The molecule has 3 aromatic rings. The van der Waals surface area contributed by atoms with E-state index in [-0.39, 0.29) is 27.4 Å². The summed E-state index contributed by atoms with van der Waals surface area (Å²) in [6.45, 7) is 1.48. The van der Waals surface area contributed by atoms with Crippen LogP contribution in [0.25, 0.3) is 0 Å². The lowest BCUT2D eigenvalue weighted by Crippen LogP contribution is -2.29. The van der Waals surface area contributed by atoms with E-state index < -0.39 is 30.3 Å². The number of amides is 3. The quantitative estimate of drug-likeness (QED) is 0.430. The van der Waals surface area contributed by atoms with Crippen LogP contribution in [0.4, 0.5) is 11.4 Å². The maximum absolute atomic E-state index is 12.9. The average molecular weight is 463 g/mol. The van der Waals surface area contributed by atoms with Crippen LogP contribution in [0.2, 0.25) is 5.02 Å². The largest absolute Gasteiger partial charge is 0.452 e. The van der Waals surface area contributed by atoms with Crippen molar-refractivity contribution in [2.75, 3.05) is 16.8 Å². The molecular formula is C25H19ClN2O5. The summed E-state index contributed by atoms with van der Waals surface area (Å²) in [6, 6.07) is 17.9. The van der Waals surface area contributed by atoms with Gasteiger partial charge in [0.2, 0.25) is 0 Å². The number of rotatable bonds is 6. The van der Waals surface area contributed by atoms with E-state index in [0.29, 0.717) is 5.69 Å². The van der Waals surface area contributed by atoms with Crippen LogP contribution in [0.1, 0.15) is 43.6 Å². The third kappa shape index (κ3) is 4.36. The van der Waals surface area contributed by atoms with Gasteiger partial charge in [0.25, 0.3) is 17.7 Å². The van der Waals surface area contributed by atoms with Crippen molar-refractivity contribution in [3.63, 3.8) is 0 Å². The molecule has 7 nitrogen and oxygen atoms in total. The molecule has 0 aliphatic carbocycles. The minimum absolute atomic E-state index is 0.0534. The van der Waals surface area contributed by atoms with E-state index in [9.17, 15) is 19.2 Å². The molecule has 0 aromatic heterocycles. The van der Waals surface area contributed by atoms with Crippen LogP contribution in [0.3, 0.4) is 0 Å². The van der Waals surface area contributed by atoms with E-state index in [0.717, 1.165) is 16.9 Å². The lowest BCUT2D eigenvalue weighted by atomic mass is 10.1. The van der Waals surface area contributed by atoms with Gasteiger partial charge < -0.3 is 10.1 Å². The number of hydrogen-bond donors (Lipinski definition) is 1. The highest BCUT2D eigenvalue weighted by Gasteiger charge is 2.38. The molecule has 1 aliphatic heterocycles. The van der Waals surface area contributed by atoms with Crippen molar-refractivity contribution in [3.05, 3.63) is 94.0 Å². The normalized spacial score (nSPS) is 12.5. The average Bonchev–Trinajstić information content (AvgIpc) is 3.07. The van der Waals surface area contributed by atoms with Crippen LogP contribution < -0.4 is 10.2 Å². The summed E-state index contributed by atoms with van der Waals surface area (Å²) in [5, 5.41) is 2.97. The maximum atomic E-state index is 12.9. The third-order valence-corrected chi connectivity index (χ3v) is 5.54. The second-order valence-corrected chi connectivity index (χ2v) is 7.70. The lowest BCUT2D eigenvalue weighted by Gasteiger charge is -2.15. The van der Waals surface area contributed by atoms with Gasteiger partial charge in [-0.05, 0) is 48.4 Å². The Morgan fingerprint density at radius 3 is 2.39 bits per heavy atom. The molecule has 0 fully saturated rings. The summed E-state index contributed by atoms with van der Waals surface area (Å²) in [5.41, 5.74) is 2.15. The first kappa shape index (κ1) is 22.2. The van der Waals surface area contributed by atoms with Crippen LogP contribution in [0, 0.1) is 0 Å². The molecule has 3 aromatic carbocycles. The molecule has 0 saturated heterocycles. The molecule has 0 saturated carbocycles. The Balaban J connectivity index is 1.46. The number of ether oxygens (including phenoxy) is 1. The van der Waals surface area contributed by atoms with E-state index in [4.69, 9.17) is 16.3 Å². The number of para-hydroxylation sites is 2. The highest BCUT2D eigenvalue weighted by atomic mass is 35.5. The van der Waals surface area contributed by atoms with Crippen molar-refractivity contribution in [1.82, 2.24) is 0 Å². The van der Waals surface area contributed by atoms with Crippen molar-refractivity contribution >= 4 is 46.7 Å². The highest BCUT2D eigenvalue weighted by Crippen LogP contribution is 2.33. The summed E-state index contributed by atoms with van der Waals surface area (Å²) < 4.78 is 5.11. The summed E-state index contributed by atoms with van der Waals surface area (Å²) in [4.78, 5) is 51.3. The zero-order valence-electron chi connectivity index (χ0n) is 17.6. The fraction of sp³-hybridized carbons (Fsp3) is 0.120. The molecule has 0 atom stereocenters. The number of nitrogens with zero attached hydrogens (tertiary/aromatic N) is 1. The van der Waals surface area contributed by atoms with Crippen molar-refractivity contribution in [2.24, 2.45) is 0 Å². The SMILES string of the molecule is CCc1ccccc1NC(=O)COC(=O)c1ccc2c(c1)C(=O)N(c1ccccc1Cl)C2=O. The Morgan fingerprint density at radius 1 is 0.939 bits per heavy atom. The summed E-state index contributed by atoms with van der Waals surface area (Å²) in [5.74, 6) is -2.39. The van der Waals surface area contributed by atoms with Gasteiger partial charge >= 0.3 is 5.97 Å². The number of hydrogen-bond acceptors (Lipinski definition) is 5. The first-order valence-corrected chi connectivity index (χ1v) is 10.6. The molecule has 1 aliphatic rings. The van der Waals surface area contributed by atoms with Gasteiger partial charge in [0, 0.05) is 5.69 Å². The molecule has 33 heavy (non-hydrogen) atoms. The number of halogens is 1. The summed E-state index contributed by atoms with van der Waals surface area (Å²) in [7, 11) is 0. The Bertz CT molecular complexity index is 1290. The van der Waals surface area contributed by atoms with Crippen LogP contribution in [0.15, 0.2) is 66.7 Å². The van der Waals surface area contributed by atoms with Crippen molar-refractivity contribution in [3.8, 4) is 0 Å². The Labute approximate surface area is 194 Å². The number of benzene rings is 3. The zero-order chi connectivity index (χ0) is 23.5. The molecule has 0 spiro atoms. The van der Waals surface area contributed by atoms with Crippen LogP contribution in [-0.2, 0) is 16.0 Å². The van der Waals surface area contributed by atoms with Crippen molar-refractivity contribution < 1.29 is 23.9 Å². The van der Waals surface area contributed by atoms with E-state index in [1.165, 1.54) is 18.2 Å². The second kappa shape index (κ2) is 9.26. The number of anilines is 2. The van der Waals surface area contributed by atoms with Crippen LogP contribution in [0.5, 0.6) is 0 Å². The molecule has 3 amide bonds. The van der Waals surface area contributed by atoms with Gasteiger partial charge in [0.1, 0.15) is 0 Å². The maximum Gasteiger partial charge on any atom is 0.338 e. The van der Waals surface area contributed by atoms with E-state index in [1.807, 2.05) is 19.1 Å². The lowest BCUT2D eigenvalue weighted by molar-refractivity contribution is -0.119. The zero-order valence-corrected chi connectivity index (χ0v) is 18.4. The number of fused-ring (bicyclic) bond motifs is 1. The number of carbonyl (C=O) groups is 4. The van der Waals surface area contributed by atoms with Gasteiger partial charge in [-0.1, -0.05) is 48.9 Å². The van der Waals surface area contributed by atoms with Gasteiger partial charge in [-0.15, -0.1) is 0 Å².